The van der Waals surface area contributed by atoms with Gasteiger partial charge in [-0.3, -0.25) is 19.9 Å². The Morgan fingerprint density at radius 1 is 1.21 bits per heavy atom. The Morgan fingerprint density at radius 3 is 2.63 bits per heavy atom. The molecule has 3 aliphatic heterocycles. The van der Waals surface area contributed by atoms with E-state index in [1.165, 1.54) is 31.9 Å². The lowest BCUT2D eigenvalue weighted by atomic mass is 9.66. The van der Waals surface area contributed by atoms with Crippen LogP contribution in [-0.4, -0.2) is 90.5 Å². The molecule has 1 aliphatic carbocycles. The molecule has 244 valence electrons. The molecule has 0 spiro atoms. The summed E-state index contributed by atoms with van der Waals surface area (Å²) in [6.45, 7) is 8.44. The summed E-state index contributed by atoms with van der Waals surface area (Å²) in [6.07, 6.45) is 10.9. The number of amides is 2. The number of fused-ring (bicyclic) bond motifs is 1. The minimum atomic E-state index is -1.20. The molecule has 6 unspecified atom stereocenters. The van der Waals surface area contributed by atoms with E-state index in [9.17, 15) is 9.59 Å². The second-order valence-corrected chi connectivity index (χ2v) is 13.5. The molecule has 11 heteroatoms. The fourth-order valence-corrected chi connectivity index (χ4v) is 8.53. The van der Waals surface area contributed by atoms with Crippen molar-refractivity contribution in [1.82, 2.24) is 25.8 Å². The Bertz CT molecular complexity index is 1010. The van der Waals surface area contributed by atoms with Gasteiger partial charge in [0.15, 0.2) is 0 Å². The van der Waals surface area contributed by atoms with Crippen molar-refractivity contribution in [1.29, 1.82) is 5.41 Å². The van der Waals surface area contributed by atoms with Crippen LogP contribution in [0.15, 0.2) is 12.0 Å². The fraction of sp³-hybridized carbons (Fsp3) is 0.844. The van der Waals surface area contributed by atoms with Gasteiger partial charge in [-0.25, -0.2) is 8.78 Å². The van der Waals surface area contributed by atoms with Gasteiger partial charge < -0.3 is 26.6 Å². The van der Waals surface area contributed by atoms with Gasteiger partial charge in [0.05, 0.1) is 12.1 Å². The molecule has 4 aliphatic rings. The van der Waals surface area contributed by atoms with Gasteiger partial charge in [0.25, 0.3) is 0 Å². The van der Waals surface area contributed by atoms with E-state index in [0.29, 0.717) is 44.9 Å². The molecule has 0 radical (unpaired) electrons. The van der Waals surface area contributed by atoms with Crippen LogP contribution >= 0.6 is 0 Å². The Morgan fingerprint density at radius 2 is 1.95 bits per heavy atom. The standard InChI is InChI=1S/C32H55F2N7O2/c1-4-13-32(5-2,22-8-6-7-9-22)14-12-23(33)17-38-21(3)28(30(35)36)31(43)39-26-19-37-18-25(34)29(26)40-15-16-41-24(20-40)10-11-27(41)42/h17,21-22,24-26,28-29,37-38H,4-16,18-20H2,1-3H3,(H3,35,36)(H,39,43)/b23-17+/t21?,24-,25?,26?,28?,29?,32?/m1/s1. The van der Waals surface area contributed by atoms with E-state index < -0.39 is 36.1 Å². The predicted molar refractivity (Wildman–Crippen MR) is 166 cm³/mol. The lowest BCUT2D eigenvalue weighted by molar-refractivity contribution is -0.131. The van der Waals surface area contributed by atoms with Gasteiger partial charge in [-0.2, -0.15) is 0 Å². The van der Waals surface area contributed by atoms with Gasteiger partial charge in [0.2, 0.25) is 11.8 Å². The first-order valence-corrected chi connectivity index (χ1v) is 16.7. The van der Waals surface area contributed by atoms with Crippen molar-refractivity contribution in [3.8, 4) is 0 Å². The van der Waals surface area contributed by atoms with Crippen LogP contribution in [0.3, 0.4) is 0 Å². The van der Waals surface area contributed by atoms with Crippen LogP contribution in [-0.2, 0) is 9.59 Å². The maximum absolute atomic E-state index is 15.3. The van der Waals surface area contributed by atoms with Gasteiger partial charge in [-0.15, -0.1) is 0 Å². The molecule has 6 N–H and O–H groups in total. The summed E-state index contributed by atoms with van der Waals surface area (Å²) in [5.41, 5.74) is 6.06. The Hall–Kier alpha value is -2.27. The van der Waals surface area contributed by atoms with E-state index in [1.54, 1.807) is 6.92 Å². The quantitative estimate of drug-likeness (QED) is 0.152. The molecule has 3 saturated heterocycles. The second kappa shape index (κ2) is 15.1. The summed E-state index contributed by atoms with van der Waals surface area (Å²) in [6, 6.07) is -1.62. The molecule has 7 atom stereocenters. The molecular weight excluding hydrogens is 552 g/mol. The summed E-state index contributed by atoms with van der Waals surface area (Å²) < 4.78 is 30.5. The van der Waals surface area contributed by atoms with Crippen LogP contribution in [0, 0.1) is 22.7 Å². The number of piperidine rings is 1. The summed E-state index contributed by atoms with van der Waals surface area (Å²) in [5, 5.41) is 17.2. The number of piperazine rings is 1. The molecule has 3 heterocycles. The van der Waals surface area contributed by atoms with E-state index in [0.717, 1.165) is 32.1 Å². The van der Waals surface area contributed by atoms with Crippen LogP contribution in [0.1, 0.15) is 91.4 Å². The van der Waals surface area contributed by atoms with Crippen molar-refractivity contribution in [3.05, 3.63) is 12.0 Å². The van der Waals surface area contributed by atoms with Gasteiger partial charge in [-0.05, 0) is 50.4 Å². The van der Waals surface area contributed by atoms with E-state index in [2.05, 4.69) is 34.7 Å². The number of hydrogen-bond acceptors (Lipinski definition) is 6. The summed E-state index contributed by atoms with van der Waals surface area (Å²) >= 11 is 0. The van der Waals surface area contributed by atoms with Crippen molar-refractivity contribution < 1.29 is 18.4 Å². The van der Waals surface area contributed by atoms with Gasteiger partial charge in [0.1, 0.15) is 23.8 Å². The van der Waals surface area contributed by atoms with Crippen LogP contribution in [0.5, 0.6) is 0 Å². The number of amidine groups is 1. The Labute approximate surface area is 256 Å². The first kappa shape index (κ1) is 33.6. The van der Waals surface area contributed by atoms with Crippen LogP contribution in [0.25, 0.3) is 0 Å². The average Bonchev–Trinajstić information content (AvgIpc) is 3.65. The van der Waals surface area contributed by atoms with Crippen molar-refractivity contribution >= 4 is 17.6 Å². The van der Waals surface area contributed by atoms with Gasteiger partial charge in [-0.1, -0.05) is 39.5 Å². The summed E-state index contributed by atoms with van der Waals surface area (Å²) in [4.78, 5) is 29.6. The van der Waals surface area contributed by atoms with Gasteiger partial charge in [0, 0.05) is 63.8 Å². The van der Waals surface area contributed by atoms with E-state index in [1.807, 2.05) is 4.90 Å². The van der Waals surface area contributed by atoms with E-state index >= 15 is 8.78 Å². The first-order chi connectivity index (χ1) is 20.6. The van der Waals surface area contributed by atoms with Crippen molar-refractivity contribution in [2.75, 3.05) is 32.7 Å². The number of nitrogens with two attached hydrogens (primary N) is 1. The highest BCUT2D eigenvalue weighted by Gasteiger charge is 2.45. The summed E-state index contributed by atoms with van der Waals surface area (Å²) in [7, 11) is 0. The molecule has 43 heavy (non-hydrogen) atoms. The monoisotopic (exact) mass is 607 g/mol. The third-order valence-electron chi connectivity index (χ3n) is 10.9. The minimum Gasteiger partial charge on any atom is -0.387 e. The number of alkyl halides is 1. The highest BCUT2D eigenvalue weighted by Crippen LogP contribution is 2.49. The zero-order valence-corrected chi connectivity index (χ0v) is 26.5. The highest BCUT2D eigenvalue weighted by molar-refractivity contribution is 6.01. The third-order valence-corrected chi connectivity index (χ3v) is 10.9. The third kappa shape index (κ3) is 7.88. The molecule has 9 nitrogen and oxygen atoms in total. The Kier molecular flexibility index (Phi) is 11.8. The maximum atomic E-state index is 15.3. The molecule has 4 fully saturated rings. The Balaban J connectivity index is 1.36. The lowest BCUT2D eigenvalue weighted by Gasteiger charge is -2.47. The second-order valence-electron chi connectivity index (χ2n) is 13.5. The molecule has 0 aromatic carbocycles. The van der Waals surface area contributed by atoms with Crippen molar-refractivity contribution in [3.63, 3.8) is 0 Å². The number of carbonyl (C=O) groups excluding carboxylic acids is 2. The maximum Gasteiger partial charge on any atom is 0.233 e. The normalized spacial score (nSPS) is 30.0. The molecule has 1 saturated carbocycles. The van der Waals surface area contributed by atoms with Crippen LogP contribution in [0.4, 0.5) is 8.78 Å². The van der Waals surface area contributed by atoms with Crippen LogP contribution < -0.4 is 21.7 Å². The molecular formula is C32H55F2N7O2. The smallest absolute Gasteiger partial charge is 0.233 e. The number of carbonyl (C=O) groups is 2. The van der Waals surface area contributed by atoms with Gasteiger partial charge >= 0.3 is 0 Å². The SMILES string of the molecule is CCCC(CC)(CC/C(F)=C\NC(C)C(C(=N)N)C(=O)NC1CNCC(F)C1N1CCN2C(=O)CC[C@@H]2C1)C1CCCC1. The number of rotatable bonds is 14. The number of nitrogens with zero attached hydrogens (tertiary/aromatic N) is 2. The van der Waals surface area contributed by atoms with E-state index in [-0.39, 0.29) is 35.6 Å². The van der Waals surface area contributed by atoms with Crippen LogP contribution in [0.2, 0.25) is 0 Å². The topological polar surface area (TPSA) is 127 Å². The number of allylic oxidation sites excluding steroid dienone is 1. The number of nitrogens with one attached hydrogen (secondary N) is 4. The fourth-order valence-electron chi connectivity index (χ4n) is 8.53. The first-order valence-electron chi connectivity index (χ1n) is 16.7. The molecule has 2 amide bonds. The largest absolute Gasteiger partial charge is 0.387 e. The zero-order valence-electron chi connectivity index (χ0n) is 26.5. The number of halogens is 2. The number of hydrogen-bond donors (Lipinski definition) is 5. The molecule has 0 bridgehead atoms. The highest BCUT2D eigenvalue weighted by atomic mass is 19.1. The minimum absolute atomic E-state index is 0.0817. The van der Waals surface area contributed by atoms with Crippen molar-refractivity contribution in [2.24, 2.45) is 23.0 Å². The lowest BCUT2D eigenvalue weighted by Crippen LogP contribution is -2.68. The summed E-state index contributed by atoms with van der Waals surface area (Å²) in [5.74, 6) is -1.28. The molecule has 0 aromatic rings. The van der Waals surface area contributed by atoms with Crippen molar-refractivity contribution in [2.45, 2.75) is 122 Å². The molecule has 0 aromatic heterocycles. The predicted octanol–water partition coefficient (Wildman–Crippen LogP) is 3.60. The van der Waals surface area contributed by atoms with E-state index in [4.69, 9.17) is 11.1 Å². The zero-order chi connectivity index (χ0) is 31.1. The average molecular weight is 608 g/mol. The molecule has 4 rings (SSSR count).